The second-order valence-corrected chi connectivity index (χ2v) is 6.87. The van der Waals surface area contributed by atoms with E-state index in [1.165, 1.54) is 0 Å². The van der Waals surface area contributed by atoms with Gasteiger partial charge in [0.2, 0.25) is 0 Å². The van der Waals surface area contributed by atoms with Gasteiger partial charge in [0.25, 0.3) is 5.91 Å². The van der Waals surface area contributed by atoms with Crippen LogP contribution in [0.25, 0.3) is 0 Å². The number of halogens is 2. The Kier molecular flexibility index (Phi) is 6.50. The highest BCUT2D eigenvalue weighted by atomic mass is 19.1. The molecule has 0 aromatic heterocycles. The third-order valence-corrected chi connectivity index (χ3v) is 3.61. The lowest BCUT2D eigenvalue weighted by molar-refractivity contribution is -0.149. The van der Waals surface area contributed by atoms with Crippen molar-refractivity contribution < 1.29 is 27.8 Å². The van der Waals surface area contributed by atoms with Gasteiger partial charge >= 0.3 is 5.97 Å². The number of carbonyl (C=O) groups is 2. The van der Waals surface area contributed by atoms with Crippen LogP contribution in [-0.2, 0) is 19.7 Å². The maximum atomic E-state index is 13.5. The molecule has 1 N–H and O–H groups in total. The lowest BCUT2D eigenvalue weighted by atomic mass is 9.86. The van der Waals surface area contributed by atoms with Gasteiger partial charge in [-0.25, -0.2) is 13.6 Å². The highest BCUT2D eigenvalue weighted by Crippen LogP contribution is 2.30. The van der Waals surface area contributed by atoms with Crippen molar-refractivity contribution in [2.45, 2.75) is 26.2 Å². The van der Waals surface area contributed by atoms with Crippen molar-refractivity contribution in [1.29, 1.82) is 0 Å². The standard InChI is InChI=1S/C20H21F2NO4/c1-20(2,3)14-6-4-5-7-17(14)26-12-19(25)27-11-18(24)23-16-9-8-13(21)10-15(16)22/h4-10H,11-12H2,1-3H3,(H,23,24). The normalized spacial score (nSPS) is 11.0. The fourth-order valence-corrected chi connectivity index (χ4v) is 2.31. The number of amides is 1. The van der Waals surface area contributed by atoms with Gasteiger partial charge in [0, 0.05) is 6.07 Å². The van der Waals surface area contributed by atoms with Crippen LogP contribution in [0.3, 0.4) is 0 Å². The van der Waals surface area contributed by atoms with Crippen LogP contribution in [0.5, 0.6) is 5.75 Å². The first-order valence-electron chi connectivity index (χ1n) is 8.29. The van der Waals surface area contributed by atoms with Gasteiger partial charge in [-0.2, -0.15) is 0 Å². The monoisotopic (exact) mass is 377 g/mol. The molecule has 7 heteroatoms. The van der Waals surface area contributed by atoms with Gasteiger partial charge in [-0.1, -0.05) is 39.0 Å². The van der Waals surface area contributed by atoms with E-state index in [4.69, 9.17) is 9.47 Å². The lowest BCUT2D eigenvalue weighted by Gasteiger charge is -2.22. The van der Waals surface area contributed by atoms with E-state index >= 15 is 0 Å². The zero-order chi connectivity index (χ0) is 20.0. The molecule has 27 heavy (non-hydrogen) atoms. The third kappa shape index (κ3) is 6.06. The minimum absolute atomic E-state index is 0.167. The molecule has 1 amide bonds. The second kappa shape index (κ2) is 8.62. The first-order chi connectivity index (χ1) is 12.7. The average Bonchev–Trinajstić information content (AvgIpc) is 2.60. The molecule has 0 unspecified atom stereocenters. The summed E-state index contributed by atoms with van der Waals surface area (Å²) >= 11 is 0. The van der Waals surface area contributed by atoms with Crippen molar-refractivity contribution in [1.82, 2.24) is 0 Å². The molecular weight excluding hydrogens is 356 g/mol. The summed E-state index contributed by atoms with van der Waals surface area (Å²) in [5, 5.41) is 2.20. The SMILES string of the molecule is CC(C)(C)c1ccccc1OCC(=O)OCC(=O)Nc1ccc(F)cc1F. The van der Waals surface area contributed by atoms with Crippen molar-refractivity contribution in [2.75, 3.05) is 18.5 Å². The van der Waals surface area contributed by atoms with E-state index in [-0.39, 0.29) is 17.7 Å². The minimum Gasteiger partial charge on any atom is -0.482 e. The number of ether oxygens (including phenoxy) is 2. The molecule has 0 aliphatic rings. The van der Waals surface area contributed by atoms with Crippen molar-refractivity contribution in [3.63, 3.8) is 0 Å². The predicted molar refractivity (Wildman–Crippen MR) is 96.6 cm³/mol. The van der Waals surface area contributed by atoms with Crippen LogP contribution in [0.4, 0.5) is 14.5 Å². The zero-order valence-corrected chi connectivity index (χ0v) is 15.3. The molecule has 0 saturated heterocycles. The summed E-state index contributed by atoms with van der Waals surface area (Å²) in [6, 6.07) is 10.1. The number of hydrogen-bond acceptors (Lipinski definition) is 4. The third-order valence-electron chi connectivity index (χ3n) is 3.61. The molecule has 2 aromatic rings. The quantitative estimate of drug-likeness (QED) is 0.778. The summed E-state index contributed by atoms with van der Waals surface area (Å²) in [6.45, 7) is 5.08. The summed E-state index contributed by atoms with van der Waals surface area (Å²) in [7, 11) is 0. The maximum Gasteiger partial charge on any atom is 0.344 e. The van der Waals surface area contributed by atoms with Crippen LogP contribution in [0.1, 0.15) is 26.3 Å². The molecular formula is C20H21F2NO4. The van der Waals surface area contributed by atoms with Gasteiger partial charge < -0.3 is 14.8 Å². The number of rotatable bonds is 6. The lowest BCUT2D eigenvalue weighted by Crippen LogP contribution is -2.24. The van der Waals surface area contributed by atoms with Crippen LogP contribution in [0, 0.1) is 11.6 Å². The first-order valence-corrected chi connectivity index (χ1v) is 8.29. The van der Waals surface area contributed by atoms with E-state index in [1.807, 2.05) is 32.9 Å². The van der Waals surface area contributed by atoms with E-state index in [2.05, 4.69) is 5.32 Å². The smallest absolute Gasteiger partial charge is 0.344 e. The number of esters is 1. The molecule has 0 spiro atoms. The average molecular weight is 377 g/mol. The van der Waals surface area contributed by atoms with Crippen LogP contribution in [0.15, 0.2) is 42.5 Å². The fourth-order valence-electron chi connectivity index (χ4n) is 2.31. The Labute approximate surface area is 156 Å². The summed E-state index contributed by atoms with van der Waals surface area (Å²) in [6.07, 6.45) is 0. The molecule has 2 aromatic carbocycles. The molecule has 0 heterocycles. The summed E-state index contributed by atoms with van der Waals surface area (Å²) in [5.41, 5.74) is 0.565. The summed E-state index contributed by atoms with van der Waals surface area (Å²) < 4.78 is 36.6. The molecule has 144 valence electrons. The van der Waals surface area contributed by atoms with Crippen molar-refractivity contribution in [2.24, 2.45) is 0 Å². The van der Waals surface area contributed by atoms with Crippen LogP contribution >= 0.6 is 0 Å². The van der Waals surface area contributed by atoms with Gasteiger partial charge in [-0.05, 0) is 29.2 Å². The highest BCUT2D eigenvalue weighted by molar-refractivity contribution is 5.92. The Morgan fingerprint density at radius 1 is 1.04 bits per heavy atom. The van der Waals surface area contributed by atoms with Crippen LogP contribution in [0.2, 0.25) is 0 Å². The van der Waals surface area contributed by atoms with Gasteiger partial charge in [0.15, 0.2) is 13.2 Å². The van der Waals surface area contributed by atoms with Crippen molar-refractivity contribution in [3.05, 3.63) is 59.7 Å². The van der Waals surface area contributed by atoms with E-state index in [1.54, 1.807) is 12.1 Å². The fraction of sp³-hybridized carbons (Fsp3) is 0.300. The summed E-state index contributed by atoms with van der Waals surface area (Å²) in [5.74, 6) is -2.61. The number of nitrogens with one attached hydrogen (secondary N) is 1. The Morgan fingerprint density at radius 2 is 1.74 bits per heavy atom. The number of benzene rings is 2. The molecule has 5 nitrogen and oxygen atoms in total. The molecule has 2 rings (SSSR count). The van der Waals surface area contributed by atoms with Crippen molar-refractivity contribution >= 4 is 17.6 Å². The minimum atomic E-state index is -0.920. The maximum absolute atomic E-state index is 13.5. The zero-order valence-electron chi connectivity index (χ0n) is 15.3. The first kappa shape index (κ1) is 20.4. The van der Waals surface area contributed by atoms with E-state index in [9.17, 15) is 18.4 Å². The molecule has 0 radical (unpaired) electrons. The Balaban J connectivity index is 1.84. The Bertz CT molecular complexity index is 831. The summed E-state index contributed by atoms with van der Waals surface area (Å²) in [4.78, 5) is 23.5. The topological polar surface area (TPSA) is 64.6 Å². The Morgan fingerprint density at radius 3 is 2.41 bits per heavy atom. The number of anilines is 1. The van der Waals surface area contributed by atoms with Crippen molar-refractivity contribution in [3.8, 4) is 5.75 Å². The molecule has 0 aliphatic carbocycles. The largest absolute Gasteiger partial charge is 0.482 e. The molecule has 0 saturated carbocycles. The van der Waals surface area contributed by atoms with Gasteiger partial charge in [0.1, 0.15) is 17.4 Å². The number of hydrogen-bond donors (Lipinski definition) is 1. The highest BCUT2D eigenvalue weighted by Gasteiger charge is 2.19. The van der Waals surface area contributed by atoms with E-state index < -0.39 is 30.1 Å². The van der Waals surface area contributed by atoms with Gasteiger partial charge in [0.05, 0.1) is 5.69 Å². The van der Waals surface area contributed by atoms with Crippen LogP contribution in [-0.4, -0.2) is 25.1 Å². The van der Waals surface area contributed by atoms with E-state index in [0.29, 0.717) is 11.8 Å². The van der Waals surface area contributed by atoms with Gasteiger partial charge in [-0.15, -0.1) is 0 Å². The molecule has 0 bridgehead atoms. The number of carbonyl (C=O) groups excluding carboxylic acids is 2. The molecule has 0 aliphatic heterocycles. The van der Waals surface area contributed by atoms with Crippen LogP contribution < -0.4 is 10.1 Å². The molecule has 0 atom stereocenters. The second-order valence-electron chi connectivity index (χ2n) is 6.87. The van der Waals surface area contributed by atoms with E-state index in [0.717, 1.165) is 17.7 Å². The number of para-hydroxylation sites is 1. The molecule has 0 fully saturated rings. The predicted octanol–water partition coefficient (Wildman–Crippen LogP) is 3.82. The Hall–Kier alpha value is -2.96. The van der Waals surface area contributed by atoms with Gasteiger partial charge in [-0.3, -0.25) is 4.79 Å².